The van der Waals surface area contributed by atoms with E-state index in [0.717, 1.165) is 44.4 Å². The maximum absolute atomic E-state index is 12.4. The van der Waals surface area contributed by atoms with E-state index in [9.17, 15) is 19.3 Å². The van der Waals surface area contributed by atoms with E-state index in [1.165, 1.54) is 83.5 Å². The number of aliphatic hydroxyl groups is 1. The van der Waals surface area contributed by atoms with Gasteiger partial charge in [-0.3, -0.25) is 14.1 Å². The van der Waals surface area contributed by atoms with E-state index in [-0.39, 0.29) is 19.4 Å². The third kappa shape index (κ3) is 44.4. The van der Waals surface area contributed by atoms with Crippen LogP contribution < -0.4 is 0 Å². The maximum atomic E-state index is 12.4. The van der Waals surface area contributed by atoms with Crippen LogP contribution in [0.25, 0.3) is 0 Å². The molecule has 0 rings (SSSR count). The van der Waals surface area contributed by atoms with Gasteiger partial charge >= 0.3 is 19.8 Å². The number of phosphoric acid groups is 1. The van der Waals surface area contributed by atoms with Gasteiger partial charge in [-0.1, -0.05) is 196 Å². The van der Waals surface area contributed by atoms with Gasteiger partial charge in [-0.05, 0) is 50.9 Å². The van der Waals surface area contributed by atoms with Gasteiger partial charge in [-0.15, -0.1) is 0 Å². The Hall–Kier alpha value is -2.55. The van der Waals surface area contributed by atoms with Gasteiger partial charge in [-0.2, -0.15) is 0 Å². The summed E-state index contributed by atoms with van der Waals surface area (Å²) in [6, 6.07) is 0. The molecule has 10 heteroatoms. The fourth-order valence-corrected chi connectivity index (χ4v) is 6.32. The summed E-state index contributed by atoms with van der Waals surface area (Å²) in [6.07, 6.45) is 48.1. The topological polar surface area (TPSA) is 140 Å². The van der Waals surface area contributed by atoms with Gasteiger partial charge in [0, 0.05) is 12.8 Å². The van der Waals surface area contributed by atoms with Gasteiger partial charge in [0.05, 0.1) is 12.7 Å². The second kappa shape index (κ2) is 40.2. The monoisotopic (exact) mass is 821 g/mol. The van der Waals surface area contributed by atoms with E-state index < -0.39 is 38.6 Å². The van der Waals surface area contributed by atoms with Crippen molar-refractivity contribution >= 4 is 19.8 Å². The number of hydrogen-bond donors (Lipinski definition) is 3. The minimum absolute atomic E-state index is 0.0616. The van der Waals surface area contributed by atoms with Crippen molar-refractivity contribution in [1.29, 1.82) is 0 Å². The molecule has 0 spiro atoms. The lowest BCUT2D eigenvalue weighted by Gasteiger charge is -2.18. The molecular weight excluding hydrogens is 739 g/mol. The zero-order chi connectivity index (χ0) is 42.1. The Morgan fingerprint density at radius 3 is 1.67 bits per heavy atom. The number of carbonyl (C=O) groups excluding carboxylic acids is 2. The number of carbonyl (C=O) groups is 2. The minimum atomic E-state index is -4.79. The molecule has 0 saturated heterocycles. The van der Waals surface area contributed by atoms with Crippen LogP contribution in [0.3, 0.4) is 0 Å². The van der Waals surface area contributed by atoms with Crippen LogP contribution in [0, 0.1) is 5.92 Å². The Morgan fingerprint density at radius 1 is 0.596 bits per heavy atom. The molecule has 0 aromatic carbocycles. The van der Waals surface area contributed by atoms with E-state index in [0.29, 0.717) is 25.7 Å². The third-order valence-corrected chi connectivity index (χ3v) is 9.75. The number of allylic oxidation sites excluding steroid dienone is 10. The number of aliphatic hydroxyl groups excluding tert-OH is 1. The number of esters is 2. The molecule has 1 unspecified atom stereocenters. The summed E-state index contributed by atoms with van der Waals surface area (Å²) in [5, 5.41) is 9.98. The molecule has 0 saturated carbocycles. The summed E-state index contributed by atoms with van der Waals surface area (Å²) >= 11 is 0. The van der Waals surface area contributed by atoms with Gasteiger partial charge in [0.2, 0.25) is 0 Å². The van der Waals surface area contributed by atoms with Crippen LogP contribution in [0.5, 0.6) is 0 Å². The highest BCUT2D eigenvalue weighted by atomic mass is 31.2. The van der Waals surface area contributed by atoms with Crippen molar-refractivity contribution in [2.24, 2.45) is 5.92 Å². The lowest BCUT2D eigenvalue weighted by Crippen LogP contribution is -2.29. The molecular formula is C47H81O9P. The molecule has 2 atom stereocenters. The average molecular weight is 821 g/mol. The number of rotatable bonds is 39. The fraction of sp³-hybridized carbons (Fsp3) is 0.702. The Kier molecular flexibility index (Phi) is 38.4. The van der Waals surface area contributed by atoms with E-state index in [1.807, 2.05) is 48.6 Å². The summed E-state index contributed by atoms with van der Waals surface area (Å²) in [6.45, 7) is 5.80. The molecule has 0 aliphatic rings. The van der Waals surface area contributed by atoms with E-state index in [1.54, 1.807) is 6.08 Å². The number of phosphoric ester groups is 1. The predicted octanol–water partition coefficient (Wildman–Crippen LogP) is 12.7. The van der Waals surface area contributed by atoms with E-state index in [4.69, 9.17) is 19.3 Å². The van der Waals surface area contributed by atoms with Crippen molar-refractivity contribution in [1.82, 2.24) is 0 Å². The molecule has 0 amide bonds. The lowest BCUT2D eigenvalue weighted by atomic mass is 10.0. The van der Waals surface area contributed by atoms with Crippen molar-refractivity contribution in [3.8, 4) is 0 Å². The van der Waals surface area contributed by atoms with Crippen LogP contribution in [0.15, 0.2) is 72.9 Å². The summed E-state index contributed by atoms with van der Waals surface area (Å²) in [5.41, 5.74) is 0. The third-order valence-electron chi connectivity index (χ3n) is 9.26. The molecule has 0 aromatic heterocycles. The van der Waals surface area contributed by atoms with Crippen LogP contribution in [0.1, 0.15) is 181 Å². The van der Waals surface area contributed by atoms with Crippen molar-refractivity contribution < 1.29 is 43.0 Å². The Balaban J connectivity index is 4.06. The number of ether oxygens (including phenoxy) is 2. The van der Waals surface area contributed by atoms with Crippen molar-refractivity contribution in [2.75, 3.05) is 13.2 Å². The molecule has 9 nitrogen and oxygen atoms in total. The molecule has 0 aliphatic heterocycles. The number of hydrogen-bond acceptors (Lipinski definition) is 7. The van der Waals surface area contributed by atoms with E-state index >= 15 is 0 Å². The Bertz CT molecular complexity index is 1180. The summed E-state index contributed by atoms with van der Waals surface area (Å²) < 4.78 is 26.3. The van der Waals surface area contributed by atoms with Crippen molar-refractivity contribution in [2.45, 2.75) is 193 Å². The molecule has 0 bridgehead atoms. The minimum Gasteiger partial charge on any atom is -0.462 e. The lowest BCUT2D eigenvalue weighted by molar-refractivity contribution is -0.161. The molecule has 0 aromatic rings. The number of unbranched alkanes of at least 4 members (excludes halogenated alkanes) is 15. The van der Waals surface area contributed by atoms with E-state index in [2.05, 4.69) is 43.5 Å². The first-order valence-electron chi connectivity index (χ1n) is 22.2. The van der Waals surface area contributed by atoms with Crippen LogP contribution in [0.2, 0.25) is 0 Å². The molecule has 0 fully saturated rings. The molecule has 328 valence electrons. The van der Waals surface area contributed by atoms with Crippen LogP contribution >= 0.6 is 7.82 Å². The summed E-state index contributed by atoms with van der Waals surface area (Å²) in [7, 11) is -4.79. The van der Waals surface area contributed by atoms with Gasteiger partial charge in [0.15, 0.2) is 6.10 Å². The first-order valence-corrected chi connectivity index (χ1v) is 23.7. The zero-order valence-corrected chi connectivity index (χ0v) is 36.9. The van der Waals surface area contributed by atoms with Crippen LogP contribution in [0.4, 0.5) is 0 Å². The SMILES string of the molecule is CC/C=C\C/C=C\CC(O)/C=C/C=C\C/C=C\C/C=C\CCC(=O)O[C@H](COC(=O)CCCCCCCCCCCCCCCCCCC(C)C)COP(=O)(O)O. The van der Waals surface area contributed by atoms with Gasteiger partial charge in [0.25, 0.3) is 0 Å². The zero-order valence-electron chi connectivity index (χ0n) is 36.0. The quantitative estimate of drug-likeness (QED) is 0.0182. The highest BCUT2D eigenvalue weighted by Crippen LogP contribution is 2.36. The smallest absolute Gasteiger partial charge is 0.462 e. The van der Waals surface area contributed by atoms with Gasteiger partial charge in [0.1, 0.15) is 6.61 Å². The second-order valence-corrected chi connectivity index (χ2v) is 16.6. The fourth-order valence-electron chi connectivity index (χ4n) is 5.96. The normalized spacial score (nSPS) is 13.8. The molecule has 3 N–H and O–H groups in total. The average Bonchev–Trinajstić information content (AvgIpc) is 3.16. The molecule has 0 aliphatic carbocycles. The predicted molar refractivity (Wildman–Crippen MR) is 236 cm³/mol. The van der Waals surface area contributed by atoms with Gasteiger partial charge in [-0.25, -0.2) is 4.57 Å². The molecule has 0 radical (unpaired) electrons. The maximum Gasteiger partial charge on any atom is 0.469 e. The van der Waals surface area contributed by atoms with Crippen molar-refractivity contribution in [3.63, 3.8) is 0 Å². The largest absolute Gasteiger partial charge is 0.469 e. The summed E-state index contributed by atoms with van der Waals surface area (Å²) in [4.78, 5) is 42.9. The molecule has 57 heavy (non-hydrogen) atoms. The van der Waals surface area contributed by atoms with Crippen molar-refractivity contribution in [3.05, 3.63) is 72.9 Å². The van der Waals surface area contributed by atoms with Gasteiger partial charge < -0.3 is 24.4 Å². The highest BCUT2D eigenvalue weighted by Gasteiger charge is 2.22. The molecule has 0 heterocycles. The first kappa shape index (κ1) is 54.5. The second-order valence-electron chi connectivity index (χ2n) is 15.3. The van der Waals surface area contributed by atoms with Crippen LogP contribution in [-0.4, -0.2) is 52.3 Å². The highest BCUT2D eigenvalue weighted by molar-refractivity contribution is 7.46. The summed E-state index contributed by atoms with van der Waals surface area (Å²) in [5.74, 6) is -0.177. The Morgan fingerprint density at radius 2 is 1.11 bits per heavy atom. The first-order chi connectivity index (χ1) is 27.5. The Labute approximate surface area is 347 Å². The van der Waals surface area contributed by atoms with Crippen LogP contribution in [-0.2, 0) is 28.2 Å². The standard InChI is InChI=1S/C47H81O9P/c1-4-5-6-7-27-32-37-44(48)38-33-28-23-19-16-17-21-25-30-35-40-47(50)56-45(42-55-57(51,52)53)41-54-46(49)39-34-29-24-20-15-13-11-9-8-10-12-14-18-22-26-31-36-43(2)3/h5-6,16-17,23,25,27-28,30,32-33,38,43-45,48H,4,7-15,18-22,24,26,29,31,34-37,39-42H2,1-3H3,(H2,51,52,53)/b6-5-,17-16-,28-23-,30-25-,32-27-,38-33+/t44?,45-/m1/s1.